The molecule has 1 atom stereocenters. The summed E-state index contributed by atoms with van der Waals surface area (Å²) in [6.45, 7) is 0.365. The van der Waals surface area contributed by atoms with Crippen LogP contribution in [0.3, 0.4) is 0 Å². The molecular formula is C24H23NO4S. The second-order valence-electron chi connectivity index (χ2n) is 7.42. The fourth-order valence-electron chi connectivity index (χ4n) is 3.65. The average molecular weight is 422 g/mol. The summed E-state index contributed by atoms with van der Waals surface area (Å²) < 4.78 is 30.0. The molecule has 3 aromatic rings. The highest BCUT2D eigenvalue weighted by Gasteiger charge is 2.35. The van der Waals surface area contributed by atoms with Crippen LogP contribution in [0.2, 0.25) is 0 Å². The highest BCUT2D eigenvalue weighted by Crippen LogP contribution is 2.26. The largest absolute Gasteiger partial charge is 0.457 e. The first kappa shape index (κ1) is 20.2. The molecule has 0 aromatic heterocycles. The van der Waals surface area contributed by atoms with E-state index < -0.39 is 9.84 Å². The van der Waals surface area contributed by atoms with Gasteiger partial charge in [0.1, 0.15) is 11.5 Å². The molecular weight excluding hydrogens is 398 g/mol. The van der Waals surface area contributed by atoms with Crippen LogP contribution >= 0.6 is 0 Å². The summed E-state index contributed by atoms with van der Waals surface area (Å²) in [5.74, 6) is 1.18. The number of hydrogen-bond donors (Lipinski definition) is 0. The maximum atomic E-state index is 13.4. The average Bonchev–Trinajstić information content (AvgIpc) is 3.12. The van der Waals surface area contributed by atoms with Crippen molar-refractivity contribution in [2.45, 2.75) is 19.0 Å². The van der Waals surface area contributed by atoms with Crippen LogP contribution in [0.5, 0.6) is 11.5 Å². The number of carbonyl (C=O) groups is 1. The maximum Gasteiger partial charge on any atom is 0.254 e. The van der Waals surface area contributed by atoms with Gasteiger partial charge in [0, 0.05) is 18.2 Å². The summed E-state index contributed by atoms with van der Waals surface area (Å²) in [6, 6.07) is 25.7. The number of sulfone groups is 1. The predicted octanol–water partition coefficient (Wildman–Crippen LogP) is 4.31. The molecule has 0 unspecified atom stereocenters. The van der Waals surface area contributed by atoms with Gasteiger partial charge in [-0.25, -0.2) is 8.42 Å². The number of rotatable bonds is 6. The van der Waals surface area contributed by atoms with E-state index in [2.05, 4.69) is 0 Å². The molecule has 1 aliphatic rings. The van der Waals surface area contributed by atoms with Crippen LogP contribution in [0, 0.1) is 0 Å². The van der Waals surface area contributed by atoms with Crippen molar-refractivity contribution in [3.05, 3.63) is 96.1 Å². The highest BCUT2D eigenvalue weighted by atomic mass is 32.2. The van der Waals surface area contributed by atoms with Gasteiger partial charge >= 0.3 is 0 Å². The topological polar surface area (TPSA) is 63.7 Å². The summed E-state index contributed by atoms with van der Waals surface area (Å²) in [5, 5.41) is 0. The van der Waals surface area contributed by atoms with E-state index in [0.717, 1.165) is 5.56 Å². The molecule has 0 saturated carbocycles. The van der Waals surface area contributed by atoms with Gasteiger partial charge in [-0.3, -0.25) is 4.79 Å². The summed E-state index contributed by atoms with van der Waals surface area (Å²) in [5.41, 5.74) is 1.44. The number of benzene rings is 3. The molecule has 0 N–H and O–H groups in total. The third kappa shape index (κ3) is 4.89. The molecule has 4 rings (SSSR count). The van der Waals surface area contributed by atoms with Gasteiger partial charge in [-0.15, -0.1) is 0 Å². The summed E-state index contributed by atoms with van der Waals surface area (Å²) in [7, 11) is -3.12. The van der Waals surface area contributed by atoms with Crippen LogP contribution < -0.4 is 4.74 Å². The van der Waals surface area contributed by atoms with Gasteiger partial charge in [-0.05, 0) is 42.3 Å². The van der Waals surface area contributed by atoms with Crippen molar-refractivity contribution in [3.63, 3.8) is 0 Å². The molecule has 0 radical (unpaired) electrons. The smallest absolute Gasteiger partial charge is 0.254 e. The van der Waals surface area contributed by atoms with Crippen molar-refractivity contribution in [2.75, 3.05) is 11.5 Å². The normalized spacial score (nSPS) is 17.4. The molecule has 1 heterocycles. The third-order valence-electron chi connectivity index (χ3n) is 5.17. The molecule has 0 aliphatic carbocycles. The number of ether oxygens (including phenoxy) is 1. The lowest BCUT2D eigenvalue weighted by atomic mass is 10.1. The third-order valence-corrected chi connectivity index (χ3v) is 6.92. The van der Waals surface area contributed by atoms with Gasteiger partial charge in [0.2, 0.25) is 0 Å². The van der Waals surface area contributed by atoms with Gasteiger partial charge < -0.3 is 9.64 Å². The van der Waals surface area contributed by atoms with Crippen molar-refractivity contribution in [1.82, 2.24) is 4.90 Å². The number of para-hydroxylation sites is 1. The molecule has 0 bridgehead atoms. The first-order chi connectivity index (χ1) is 14.5. The van der Waals surface area contributed by atoms with E-state index in [9.17, 15) is 13.2 Å². The lowest BCUT2D eigenvalue weighted by molar-refractivity contribution is 0.0680. The zero-order valence-electron chi connectivity index (χ0n) is 16.5. The fourth-order valence-corrected chi connectivity index (χ4v) is 5.38. The zero-order chi connectivity index (χ0) is 21.0. The number of amides is 1. The Balaban J connectivity index is 1.60. The van der Waals surface area contributed by atoms with Crippen molar-refractivity contribution in [1.29, 1.82) is 0 Å². The Morgan fingerprint density at radius 2 is 1.57 bits per heavy atom. The van der Waals surface area contributed by atoms with Crippen molar-refractivity contribution >= 4 is 15.7 Å². The van der Waals surface area contributed by atoms with E-state index in [0.29, 0.717) is 30.0 Å². The van der Waals surface area contributed by atoms with Crippen molar-refractivity contribution in [3.8, 4) is 11.5 Å². The van der Waals surface area contributed by atoms with E-state index in [1.807, 2.05) is 60.7 Å². The molecule has 30 heavy (non-hydrogen) atoms. The fraction of sp³-hybridized carbons (Fsp3) is 0.208. The Labute approximate surface area is 176 Å². The van der Waals surface area contributed by atoms with E-state index in [1.54, 1.807) is 29.2 Å². The minimum Gasteiger partial charge on any atom is -0.457 e. The Morgan fingerprint density at radius 3 is 2.23 bits per heavy atom. The molecule has 3 aromatic carbocycles. The van der Waals surface area contributed by atoms with Crippen LogP contribution in [-0.2, 0) is 16.4 Å². The second kappa shape index (κ2) is 8.71. The Bertz CT molecular complexity index is 1110. The quantitative estimate of drug-likeness (QED) is 0.595. The van der Waals surface area contributed by atoms with Crippen molar-refractivity contribution < 1.29 is 17.9 Å². The highest BCUT2D eigenvalue weighted by molar-refractivity contribution is 7.91. The van der Waals surface area contributed by atoms with Crippen LogP contribution in [0.25, 0.3) is 0 Å². The number of carbonyl (C=O) groups excluding carboxylic acids is 1. The van der Waals surface area contributed by atoms with E-state index in [4.69, 9.17) is 4.74 Å². The summed E-state index contributed by atoms with van der Waals surface area (Å²) in [6.07, 6.45) is 0.459. The van der Waals surface area contributed by atoms with Crippen LogP contribution in [0.4, 0.5) is 0 Å². The van der Waals surface area contributed by atoms with Gasteiger partial charge in [0.05, 0.1) is 11.5 Å². The van der Waals surface area contributed by atoms with Crippen molar-refractivity contribution in [2.24, 2.45) is 0 Å². The van der Waals surface area contributed by atoms with Gasteiger partial charge in [-0.1, -0.05) is 54.6 Å². The van der Waals surface area contributed by atoms with Crippen LogP contribution in [0.15, 0.2) is 84.9 Å². The Kier molecular flexibility index (Phi) is 5.86. The van der Waals surface area contributed by atoms with Gasteiger partial charge in [-0.2, -0.15) is 0 Å². The van der Waals surface area contributed by atoms with Gasteiger partial charge in [0.15, 0.2) is 9.84 Å². The van der Waals surface area contributed by atoms with Crippen LogP contribution in [-0.4, -0.2) is 36.8 Å². The monoisotopic (exact) mass is 421 g/mol. The molecule has 154 valence electrons. The molecule has 1 saturated heterocycles. The Hall–Kier alpha value is -3.12. The molecule has 1 fully saturated rings. The molecule has 0 spiro atoms. The maximum absolute atomic E-state index is 13.4. The van der Waals surface area contributed by atoms with E-state index in [1.165, 1.54) is 0 Å². The minimum atomic E-state index is -3.12. The molecule has 5 nitrogen and oxygen atoms in total. The lowest BCUT2D eigenvalue weighted by Gasteiger charge is -2.28. The first-order valence-corrected chi connectivity index (χ1v) is 11.7. The number of nitrogens with zero attached hydrogens (tertiary/aromatic N) is 1. The van der Waals surface area contributed by atoms with E-state index >= 15 is 0 Å². The Morgan fingerprint density at radius 1 is 0.900 bits per heavy atom. The van der Waals surface area contributed by atoms with E-state index in [-0.39, 0.29) is 23.5 Å². The lowest BCUT2D eigenvalue weighted by Crippen LogP contribution is -2.40. The molecule has 6 heteroatoms. The predicted molar refractivity (Wildman–Crippen MR) is 116 cm³/mol. The first-order valence-electron chi connectivity index (χ1n) is 9.88. The van der Waals surface area contributed by atoms with Crippen LogP contribution in [0.1, 0.15) is 22.3 Å². The summed E-state index contributed by atoms with van der Waals surface area (Å²) in [4.78, 5) is 15.1. The molecule has 1 amide bonds. The number of hydrogen-bond acceptors (Lipinski definition) is 4. The van der Waals surface area contributed by atoms with Gasteiger partial charge in [0.25, 0.3) is 5.91 Å². The second-order valence-corrected chi connectivity index (χ2v) is 9.65. The summed E-state index contributed by atoms with van der Waals surface area (Å²) >= 11 is 0. The zero-order valence-corrected chi connectivity index (χ0v) is 17.3. The standard InChI is InChI=1S/C24H23NO4S/c26-24(20-10-7-13-23(16-20)29-22-11-5-2-6-12-22)25(17-19-8-3-1-4-9-19)21-14-15-30(27,28)18-21/h1-13,16,21H,14-15,17-18H2/t21-/m1/s1. The minimum absolute atomic E-state index is 0.00573. The SMILES string of the molecule is O=C(c1cccc(Oc2ccccc2)c1)N(Cc1ccccc1)[C@@H]1CCS(=O)(=O)C1. The molecule has 1 aliphatic heterocycles.